The van der Waals surface area contributed by atoms with Gasteiger partial charge in [-0.1, -0.05) is 97.1 Å². The molecule has 0 spiro atoms. The van der Waals surface area contributed by atoms with E-state index in [9.17, 15) is 0 Å². The summed E-state index contributed by atoms with van der Waals surface area (Å²) in [5.41, 5.74) is 5.52. The normalized spacial score (nSPS) is 11.8. The van der Waals surface area contributed by atoms with E-state index in [1.807, 2.05) is 42.5 Å². The fourth-order valence-electron chi connectivity index (χ4n) is 6.41. The van der Waals surface area contributed by atoms with E-state index in [0.29, 0.717) is 23.4 Å². The maximum Gasteiger partial charge on any atom is 0.228 e. The topological polar surface area (TPSA) is 64.7 Å². The molecular weight excluding hydrogens is 617 g/mol. The standard InChI is InChI=1S/C40H22N4OS2/c1-2-11-23(12-3-1)37-42-38(28-17-8-14-25-24-13-4-7-22-33(24)46-34(25)28)44-39(43-37)29-18-9-15-26-27-16-10-19-30(36(27)47-35(26)29)40-41-31-20-5-6-21-32(31)45-40/h1-22H. The summed E-state index contributed by atoms with van der Waals surface area (Å²) in [4.78, 5) is 20.2. The summed E-state index contributed by atoms with van der Waals surface area (Å²) >= 11 is 3.50. The van der Waals surface area contributed by atoms with Crippen LogP contribution in [0.15, 0.2) is 138 Å². The number of hydrogen-bond donors (Lipinski definition) is 0. The first-order chi connectivity index (χ1) is 23.3. The first-order valence-corrected chi connectivity index (χ1v) is 16.9. The lowest BCUT2D eigenvalue weighted by atomic mass is 10.1. The lowest BCUT2D eigenvalue weighted by molar-refractivity contribution is 0.621. The van der Waals surface area contributed by atoms with Crippen LogP contribution in [0.4, 0.5) is 0 Å². The highest BCUT2D eigenvalue weighted by molar-refractivity contribution is 7.27. The number of rotatable bonds is 4. The number of aromatic nitrogens is 4. The van der Waals surface area contributed by atoms with Crippen molar-refractivity contribution >= 4 is 74.1 Å². The average molecular weight is 639 g/mol. The molecule has 0 saturated carbocycles. The van der Waals surface area contributed by atoms with E-state index in [0.717, 1.165) is 53.5 Å². The molecule has 0 aliphatic rings. The lowest BCUT2D eigenvalue weighted by Crippen LogP contribution is -2.00. The van der Waals surface area contributed by atoms with Crippen molar-refractivity contribution in [2.24, 2.45) is 0 Å². The first-order valence-electron chi connectivity index (χ1n) is 15.3. The van der Waals surface area contributed by atoms with Gasteiger partial charge in [-0.2, -0.15) is 0 Å². The van der Waals surface area contributed by atoms with E-state index in [1.165, 1.54) is 20.2 Å². The molecule has 0 aliphatic carbocycles. The molecule has 7 heteroatoms. The molecule has 47 heavy (non-hydrogen) atoms. The fourth-order valence-corrected chi connectivity index (χ4v) is 8.93. The van der Waals surface area contributed by atoms with E-state index in [2.05, 4.69) is 91.0 Å². The number of thiophene rings is 2. The van der Waals surface area contributed by atoms with Crippen molar-refractivity contribution in [2.45, 2.75) is 0 Å². The van der Waals surface area contributed by atoms with E-state index in [-0.39, 0.29) is 0 Å². The Kier molecular flexibility index (Phi) is 5.85. The zero-order valence-corrected chi connectivity index (χ0v) is 26.3. The molecule has 6 aromatic carbocycles. The predicted octanol–water partition coefficient (Wildman–Crippen LogP) is 11.4. The molecule has 4 aromatic heterocycles. The van der Waals surface area contributed by atoms with Crippen LogP contribution in [0.2, 0.25) is 0 Å². The van der Waals surface area contributed by atoms with Crippen LogP contribution in [0.25, 0.3) is 97.1 Å². The summed E-state index contributed by atoms with van der Waals surface area (Å²) < 4.78 is 10.9. The van der Waals surface area contributed by atoms with Crippen LogP contribution in [0, 0.1) is 0 Å². The highest BCUT2D eigenvalue weighted by Gasteiger charge is 2.20. The summed E-state index contributed by atoms with van der Waals surface area (Å²) in [6.45, 7) is 0. The van der Waals surface area contributed by atoms with Gasteiger partial charge < -0.3 is 4.42 Å². The molecule has 10 aromatic rings. The van der Waals surface area contributed by atoms with E-state index >= 15 is 0 Å². The van der Waals surface area contributed by atoms with Gasteiger partial charge in [0.1, 0.15) is 5.52 Å². The molecule has 0 atom stereocenters. The predicted molar refractivity (Wildman–Crippen MR) is 195 cm³/mol. The summed E-state index contributed by atoms with van der Waals surface area (Å²) in [6, 6.07) is 45.7. The van der Waals surface area contributed by atoms with Gasteiger partial charge in [-0.05, 0) is 36.4 Å². The second kappa shape index (κ2) is 10.4. The lowest BCUT2D eigenvalue weighted by Gasteiger charge is -2.09. The second-order valence-electron chi connectivity index (χ2n) is 11.4. The number of benzene rings is 6. The molecule has 0 bridgehead atoms. The molecule has 10 rings (SSSR count). The fraction of sp³-hybridized carbons (Fsp3) is 0. The molecular formula is C40H22N4OS2. The van der Waals surface area contributed by atoms with E-state index in [1.54, 1.807) is 22.7 Å². The summed E-state index contributed by atoms with van der Waals surface area (Å²) in [6.07, 6.45) is 0. The van der Waals surface area contributed by atoms with Gasteiger partial charge in [-0.3, -0.25) is 0 Å². The maximum atomic E-state index is 6.22. The smallest absolute Gasteiger partial charge is 0.228 e. The van der Waals surface area contributed by atoms with Gasteiger partial charge in [0, 0.05) is 57.0 Å². The van der Waals surface area contributed by atoms with Crippen LogP contribution in [-0.4, -0.2) is 19.9 Å². The molecule has 0 unspecified atom stereocenters. The van der Waals surface area contributed by atoms with E-state index in [4.69, 9.17) is 24.4 Å². The number of oxazole rings is 1. The molecule has 5 nitrogen and oxygen atoms in total. The molecule has 220 valence electrons. The van der Waals surface area contributed by atoms with Crippen molar-refractivity contribution in [3.05, 3.63) is 133 Å². The number of para-hydroxylation sites is 2. The third-order valence-corrected chi connectivity index (χ3v) is 11.1. The van der Waals surface area contributed by atoms with Crippen LogP contribution >= 0.6 is 22.7 Å². The first kappa shape index (κ1) is 26.5. The Balaban J connectivity index is 1.22. The number of hydrogen-bond acceptors (Lipinski definition) is 7. The molecule has 0 saturated heterocycles. The number of fused-ring (bicyclic) bond motifs is 7. The minimum Gasteiger partial charge on any atom is -0.436 e. The van der Waals surface area contributed by atoms with Crippen molar-refractivity contribution in [3.63, 3.8) is 0 Å². The van der Waals surface area contributed by atoms with Crippen molar-refractivity contribution in [2.75, 3.05) is 0 Å². The maximum absolute atomic E-state index is 6.22. The molecule has 4 heterocycles. The zero-order valence-electron chi connectivity index (χ0n) is 24.7. The summed E-state index contributed by atoms with van der Waals surface area (Å²) in [5, 5.41) is 4.76. The minimum absolute atomic E-state index is 0.621. The van der Waals surface area contributed by atoms with Gasteiger partial charge in [-0.15, -0.1) is 22.7 Å². The van der Waals surface area contributed by atoms with Crippen molar-refractivity contribution in [1.29, 1.82) is 0 Å². The Bertz CT molecular complexity index is 2780. The molecule has 0 aliphatic heterocycles. The molecule has 0 fully saturated rings. The second-order valence-corrected chi connectivity index (χ2v) is 13.5. The highest BCUT2D eigenvalue weighted by atomic mass is 32.1. The molecule has 0 N–H and O–H groups in total. The van der Waals surface area contributed by atoms with Gasteiger partial charge in [0.25, 0.3) is 0 Å². The minimum atomic E-state index is 0.621. The van der Waals surface area contributed by atoms with Gasteiger partial charge in [-0.25, -0.2) is 19.9 Å². The molecule has 0 amide bonds. The van der Waals surface area contributed by atoms with Crippen LogP contribution in [0.1, 0.15) is 0 Å². The largest absolute Gasteiger partial charge is 0.436 e. The third kappa shape index (κ3) is 4.21. The zero-order chi connectivity index (χ0) is 30.9. The Hall–Kier alpha value is -5.76. The highest BCUT2D eigenvalue weighted by Crippen LogP contribution is 2.44. The van der Waals surface area contributed by atoms with Crippen molar-refractivity contribution in [3.8, 4) is 45.6 Å². The Morgan fingerprint density at radius 1 is 0.404 bits per heavy atom. The van der Waals surface area contributed by atoms with E-state index < -0.39 is 0 Å². The van der Waals surface area contributed by atoms with Gasteiger partial charge in [0.05, 0.1) is 5.56 Å². The van der Waals surface area contributed by atoms with Crippen LogP contribution in [0.3, 0.4) is 0 Å². The molecule has 0 radical (unpaired) electrons. The van der Waals surface area contributed by atoms with Gasteiger partial charge >= 0.3 is 0 Å². The third-order valence-electron chi connectivity index (χ3n) is 8.60. The Labute approximate surface area is 276 Å². The van der Waals surface area contributed by atoms with Crippen molar-refractivity contribution < 1.29 is 4.42 Å². The van der Waals surface area contributed by atoms with Crippen LogP contribution in [-0.2, 0) is 0 Å². The summed E-state index contributed by atoms with van der Waals surface area (Å²) in [7, 11) is 0. The van der Waals surface area contributed by atoms with Crippen molar-refractivity contribution in [1.82, 2.24) is 19.9 Å². The number of nitrogens with zero attached hydrogens (tertiary/aromatic N) is 4. The Morgan fingerprint density at radius 3 is 1.70 bits per heavy atom. The van der Waals surface area contributed by atoms with Gasteiger partial charge in [0.15, 0.2) is 23.1 Å². The van der Waals surface area contributed by atoms with Gasteiger partial charge in [0.2, 0.25) is 5.89 Å². The summed E-state index contributed by atoms with van der Waals surface area (Å²) in [5.74, 6) is 2.58. The van der Waals surface area contributed by atoms with Crippen LogP contribution in [0.5, 0.6) is 0 Å². The Morgan fingerprint density at radius 2 is 0.957 bits per heavy atom. The quantitative estimate of drug-likeness (QED) is 0.192. The SMILES string of the molecule is c1ccc(-c2nc(-c3cccc4c3sc3ccccc34)nc(-c3cccc4c3sc3c(-c5nc6ccccc6o5)cccc34)n2)cc1. The monoisotopic (exact) mass is 638 g/mol. The average Bonchev–Trinajstić information content (AvgIpc) is 3.85. The van der Waals surface area contributed by atoms with Crippen LogP contribution < -0.4 is 0 Å².